The van der Waals surface area contributed by atoms with E-state index in [0.29, 0.717) is 0 Å². The molecule has 3 unspecified atom stereocenters. The molecular formula is C30H50N4O12. The third kappa shape index (κ3) is 21.4. The minimum atomic E-state index is -0.739. The first-order valence-electron chi connectivity index (χ1n) is 14.9. The van der Waals surface area contributed by atoms with Crippen LogP contribution in [0.5, 0.6) is 0 Å². The number of carbonyl (C=O) groups is 6. The predicted octanol–water partition coefficient (Wildman–Crippen LogP) is 2.07. The highest BCUT2D eigenvalue weighted by Crippen LogP contribution is 2.06. The monoisotopic (exact) mass is 658 g/mol. The molecule has 0 rings (SSSR count). The number of nitrogens with zero attached hydrogens (tertiary/aromatic N) is 1. The molecular weight excluding hydrogens is 608 g/mol. The molecule has 0 aromatic carbocycles. The molecule has 0 radical (unpaired) electrons. The van der Waals surface area contributed by atoms with Crippen molar-refractivity contribution in [2.24, 2.45) is 5.92 Å². The van der Waals surface area contributed by atoms with Gasteiger partial charge in [-0.05, 0) is 34.6 Å². The van der Waals surface area contributed by atoms with Crippen LogP contribution in [-0.2, 0) is 42.8 Å². The van der Waals surface area contributed by atoms with Crippen LogP contribution in [0, 0.1) is 5.92 Å². The van der Waals surface area contributed by atoms with Crippen molar-refractivity contribution >= 4 is 36.2 Å². The van der Waals surface area contributed by atoms with Crippen molar-refractivity contribution in [1.29, 1.82) is 0 Å². The average Bonchev–Trinajstić information content (AvgIpc) is 2.94. The molecule has 3 amide bonds. The van der Waals surface area contributed by atoms with Gasteiger partial charge >= 0.3 is 36.2 Å². The van der Waals surface area contributed by atoms with Crippen LogP contribution < -0.4 is 16.0 Å². The van der Waals surface area contributed by atoms with Gasteiger partial charge in [-0.15, -0.1) is 0 Å². The van der Waals surface area contributed by atoms with Crippen molar-refractivity contribution in [2.45, 2.75) is 66.8 Å². The van der Waals surface area contributed by atoms with E-state index >= 15 is 0 Å². The first-order valence-corrected chi connectivity index (χ1v) is 14.9. The number of amides is 3. The second kappa shape index (κ2) is 23.1. The third-order valence-electron chi connectivity index (χ3n) is 5.46. The van der Waals surface area contributed by atoms with Gasteiger partial charge in [0, 0.05) is 30.8 Å². The van der Waals surface area contributed by atoms with E-state index in [1.165, 1.54) is 13.8 Å². The Morgan fingerprint density at radius 1 is 0.565 bits per heavy atom. The topological polar surface area (TPSA) is 197 Å². The Labute approximate surface area is 270 Å². The molecule has 16 nitrogen and oxygen atoms in total. The summed E-state index contributed by atoms with van der Waals surface area (Å²) in [5.74, 6) is -1.82. The molecule has 0 aromatic rings. The van der Waals surface area contributed by atoms with Crippen LogP contribution in [-0.4, -0.2) is 118 Å². The van der Waals surface area contributed by atoms with Crippen molar-refractivity contribution in [3.8, 4) is 0 Å². The Bertz CT molecular complexity index is 993. The molecule has 0 saturated heterocycles. The Morgan fingerprint density at radius 3 is 1.15 bits per heavy atom. The zero-order valence-corrected chi connectivity index (χ0v) is 27.9. The second-order valence-electron chi connectivity index (χ2n) is 10.8. The maximum Gasteiger partial charge on any atom is 0.407 e. The predicted molar refractivity (Wildman–Crippen MR) is 166 cm³/mol. The molecule has 262 valence electrons. The number of rotatable bonds is 21. The highest BCUT2D eigenvalue weighted by Gasteiger charge is 2.22. The van der Waals surface area contributed by atoms with Crippen LogP contribution in [0.4, 0.5) is 14.4 Å². The van der Waals surface area contributed by atoms with Crippen LogP contribution >= 0.6 is 0 Å². The van der Waals surface area contributed by atoms with E-state index in [0.717, 1.165) is 0 Å². The number of hydrogen-bond acceptors (Lipinski definition) is 13. The largest absolute Gasteiger partial charge is 0.464 e. The number of hydrogen-bond donors (Lipinski definition) is 3. The summed E-state index contributed by atoms with van der Waals surface area (Å²) in [6.07, 6.45) is -4.16. The SMILES string of the molecule is C=C(C)C(=O)OCCNC(=O)OC(C)CN(CC(C)OC(=O)NCCOC(=O)C(=C)C)CC(C)OC(=O)NCCOC(=O)C(C)C. The fourth-order valence-electron chi connectivity index (χ4n) is 3.41. The van der Waals surface area contributed by atoms with Gasteiger partial charge in [0.25, 0.3) is 0 Å². The van der Waals surface area contributed by atoms with E-state index in [1.807, 2.05) is 0 Å². The lowest BCUT2D eigenvalue weighted by Gasteiger charge is -2.30. The first kappa shape index (κ1) is 41.7. The van der Waals surface area contributed by atoms with Crippen LogP contribution in [0.2, 0.25) is 0 Å². The Kier molecular flexibility index (Phi) is 20.9. The summed E-state index contributed by atoms with van der Waals surface area (Å²) in [4.78, 5) is 72.9. The molecule has 0 aromatic heterocycles. The summed E-state index contributed by atoms with van der Waals surface area (Å²) in [5, 5.41) is 7.47. The average molecular weight is 659 g/mol. The highest BCUT2D eigenvalue weighted by molar-refractivity contribution is 5.87. The van der Waals surface area contributed by atoms with Gasteiger partial charge < -0.3 is 44.4 Å². The third-order valence-corrected chi connectivity index (χ3v) is 5.46. The normalized spacial score (nSPS) is 12.5. The molecule has 0 saturated carbocycles. The summed E-state index contributed by atoms with van der Waals surface area (Å²) in [7, 11) is 0. The molecule has 0 aliphatic rings. The van der Waals surface area contributed by atoms with Crippen molar-refractivity contribution in [3.05, 3.63) is 24.3 Å². The quantitative estimate of drug-likeness (QED) is 0.0702. The molecule has 0 spiro atoms. The number of nitrogens with one attached hydrogen (secondary N) is 3. The number of alkyl carbamates (subject to hydrolysis) is 3. The summed E-state index contributed by atoms with van der Waals surface area (Å²) in [6, 6.07) is 0. The van der Waals surface area contributed by atoms with Gasteiger partial charge in [0.2, 0.25) is 0 Å². The lowest BCUT2D eigenvalue weighted by molar-refractivity contribution is -0.147. The number of ether oxygens (including phenoxy) is 6. The van der Waals surface area contributed by atoms with Crippen molar-refractivity contribution in [1.82, 2.24) is 20.9 Å². The lowest BCUT2D eigenvalue weighted by Crippen LogP contribution is -2.45. The number of esters is 3. The van der Waals surface area contributed by atoms with Gasteiger partial charge in [-0.1, -0.05) is 27.0 Å². The van der Waals surface area contributed by atoms with E-state index in [-0.39, 0.29) is 82.1 Å². The molecule has 0 heterocycles. The van der Waals surface area contributed by atoms with Crippen molar-refractivity contribution in [2.75, 3.05) is 59.1 Å². The van der Waals surface area contributed by atoms with Crippen LogP contribution in [0.1, 0.15) is 48.5 Å². The zero-order valence-electron chi connectivity index (χ0n) is 27.9. The smallest absolute Gasteiger partial charge is 0.407 e. The van der Waals surface area contributed by atoms with E-state index in [9.17, 15) is 28.8 Å². The van der Waals surface area contributed by atoms with Crippen molar-refractivity contribution in [3.63, 3.8) is 0 Å². The summed E-state index contributed by atoms with van der Waals surface area (Å²) < 4.78 is 31.0. The number of carbonyl (C=O) groups excluding carboxylic acids is 6. The summed E-state index contributed by atoms with van der Waals surface area (Å²) >= 11 is 0. The highest BCUT2D eigenvalue weighted by atomic mass is 16.6. The summed E-state index contributed by atoms with van der Waals surface area (Å²) in [5.41, 5.74) is 0.470. The van der Waals surface area contributed by atoms with E-state index in [4.69, 9.17) is 28.4 Å². The molecule has 0 aliphatic heterocycles. The minimum absolute atomic E-state index is 0.00683. The van der Waals surface area contributed by atoms with Crippen LogP contribution in [0.15, 0.2) is 24.3 Å². The molecule has 0 bridgehead atoms. The molecule has 0 aliphatic carbocycles. The summed E-state index contributed by atoms with van der Waals surface area (Å²) in [6.45, 7) is 18.8. The zero-order chi connectivity index (χ0) is 35.2. The van der Waals surface area contributed by atoms with Gasteiger partial charge in [0.1, 0.15) is 38.1 Å². The Hall–Kier alpha value is -4.34. The van der Waals surface area contributed by atoms with Crippen molar-refractivity contribution < 1.29 is 57.2 Å². The standard InChI is InChI=1S/C30H50N4O12/c1-19(2)25(35)41-13-10-31-28(38)44-22(7)16-34(17-23(8)45-29(39)32-11-14-42-26(36)20(3)4)18-24(9)46-30(40)33-12-15-43-27(37)21(5)6/h21-24H,1,3,10-18H2,2,4-9H3,(H,31,38)(H,32,39)(H,33,40). The van der Waals surface area contributed by atoms with Gasteiger partial charge in [-0.3, -0.25) is 9.69 Å². The van der Waals surface area contributed by atoms with Gasteiger partial charge in [-0.2, -0.15) is 0 Å². The molecule has 3 atom stereocenters. The molecule has 0 fully saturated rings. The van der Waals surface area contributed by atoms with E-state index < -0.39 is 48.5 Å². The molecule has 16 heteroatoms. The fraction of sp³-hybridized carbons (Fsp3) is 0.667. The first-order chi connectivity index (χ1) is 21.5. The minimum Gasteiger partial charge on any atom is -0.464 e. The maximum absolute atomic E-state index is 12.2. The maximum atomic E-state index is 12.2. The van der Waals surface area contributed by atoms with E-state index in [2.05, 4.69) is 29.1 Å². The fourth-order valence-corrected chi connectivity index (χ4v) is 3.41. The second-order valence-corrected chi connectivity index (χ2v) is 10.8. The van der Waals surface area contributed by atoms with E-state index in [1.54, 1.807) is 39.5 Å². The van der Waals surface area contributed by atoms with Gasteiger partial charge in [0.05, 0.1) is 25.6 Å². The van der Waals surface area contributed by atoms with Crippen LogP contribution in [0.25, 0.3) is 0 Å². The lowest BCUT2D eigenvalue weighted by atomic mass is 10.2. The Balaban J connectivity index is 5.01. The van der Waals surface area contributed by atoms with Gasteiger partial charge in [0.15, 0.2) is 0 Å². The van der Waals surface area contributed by atoms with Crippen LogP contribution in [0.3, 0.4) is 0 Å². The van der Waals surface area contributed by atoms with Gasteiger partial charge in [-0.25, -0.2) is 24.0 Å². The molecule has 46 heavy (non-hydrogen) atoms. The Morgan fingerprint density at radius 2 is 0.870 bits per heavy atom. The molecule has 3 N–H and O–H groups in total.